The molecule has 0 radical (unpaired) electrons. The Morgan fingerprint density at radius 2 is 2.07 bits per heavy atom. The third kappa shape index (κ3) is 2.95. The highest BCUT2D eigenvalue weighted by atomic mass is 19.1. The molecule has 2 saturated heterocycles. The van der Waals surface area contributed by atoms with E-state index in [1.54, 1.807) is 4.90 Å². The molecule has 28 heavy (non-hydrogen) atoms. The molecule has 4 heterocycles. The number of amides is 1. The number of likely N-dealkylation sites (tertiary alicyclic amines) is 1. The molecule has 146 valence electrons. The van der Waals surface area contributed by atoms with Crippen LogP contribution in [0.4, 0.5) is 4.39 Å². The molecule has 2 aromatic heterocycles. The number of fused-ring (bicyclic) bond motifs is 1. The van der Waals surface area contributed by atoms with Crippen molar-refractivity contribution in [3.63, 3.8) is 0 Å². The lowest BCUT2D eigenvalue weighted by Crippen LogP contribution is -2.38. The van der Waals surface area contributed by atoms with Crippen LogP contribution in [0.3, 0.4) is 0 Å². The Kier molecular flexibility index (Phi) is 4.31. The van der Waals surface area contributed by atoms with Gasteiger partial charge in [-0.25, -0.2) is 9.37 Å². The van der Waals surface area contributed by atoms with E-state index in [2.05, 4.69) is 20.2 Å². The minimum absolute atomic E-state index is 0.166. The largest absolute Gasteiger partial charge is 0.420 e. The van der Waals surface area contributed by atoms with Gasteiger partial charge in [-0.05, 0) is 44.2 Å². The molecule has 0 spiro atoms. The van der Waals surface area contributed by atoms with Gasteiger partial charge < -0.3 is 19.0 Å². The highest BCUT2D eigenvalue weighted by Gasteiger charge is 2.35. The first kappa shape index (κ1) is 17.3. The Morgan fingerprint density at radius 3 is 2.93 bits per heavy atom. The predicted octanol–water partition coefficient (Wildman–Crippen LogP) is 3.30. The molecule has 8 nitrogen and oxygen atoms in total. The summed E-state index contributed by atoms with van der Waals surface area (Å²) in [4.78, 5) is 22.0. The summed E-state index contributed by atoms with van der Waals surface area (Å²) in [5, 5.41) is 8.33. The van der Waals surface area contributed by atoms with Crippen molar-refractivity contribution in [3.8, 4) is 0 Å². The van der Waals surface area contributed by atoms with Crippen molar-refractivity contribution in [2.24, 2.45) is 0 Å². The summed E-state index contributed by atoms with van der Waals surface area (Å²) < 4.78 is 25.5. The lowest BCUT2D eigenvalue weighted by atomic mass is 10.00. The molecule has 3 aromatic rings. The Labute approximate surface area is 160 Å². The molecule has 2 fully saturated rings. The smallest absolute Gasteiger partial charge is 0.256 e. The third-order valence-electron chi connectivity index (χ3n) is 5.43. The molecule has 0 aliphatic carbocycles. The van der Waals surface area contributed by atoms with Gasteiger partial charge in [-0.15, -0.1) is 10.2 Å². The number of carbonyl (C=O) groups is 1. The number of aromatic amines is 1. The van der Waals surface area contributed by atoms with Gasteiger partial charge in [-0.3, -0.25) is 4.79 Å². The number of nitrogens with one attached hydrogen (secondary N) is 1. The van der Waals surface area contributed by atoms with Gasteiger partial charge in [-0.2, -0.15) is 0 Å². The number of hydrogen-bond donors (Lipinski definition) is 1. The molecule has 0 saturated carbocycles. The van der Waals surface area contributed by atoms with Crippen LogP contribution in [-0.4, -0.2) is 44.1 Å². The number of hydrogen-bond acceptors (Lipinski definition) is 6. The van der Waals surface area contributed by atoms with E-state index in [-0.39, 0.29) is 23.6 Å². The monoisotopic (exact) mass is 385 g/mol. The molecule has 1 aromatic carbocycles. The van der Waals surface area contributed by atoms with E-state index in [1.165, 1.54) is 18.5 Å². The van der Waals surface area contributed by atoms with Gasteiger partial charge in [0.15, 0.2) is 0 Å². The van der Waals surface area contributed by atoms with E-state index in [4.69, 9.17) is 9.15 Å². The van der Waals surface area contributed by atoms with Gasteiger partial charge in [0.25, 0.3) is 5.91 Å². The molecule has 1 N–H and O–H groups in total. The lowest BCUT2D eigenvalue weighted by Gasteiger charge is -2.33. The highest BCUT2D eigenvalue weighted by Crippen LogP contribution is 2.35. The van der Waals surface area contributed by atoms with E-state index < -0.39 is 5.82 Å². The van der Waals surface area contributed by atoms with Crippen LogP contribution in [0.25, 0.3) is 11.0 Å². The average molecular weight is 385 g/mol. The molecule has 0 bridgehead atoms. The van der Waals surface area contributed by atoms with Crippen LogP contribution < -0.4 is 0 Å². The second-order valence-corrected chi connectivity index (χ2v) is 7.24. The van der Waals surface area contributed by atoms with Crippen LogP contribution in [0.15, 0.2) is 22.9 Å². The molecular weight excluding hydrogens is 365 g/mol. The van der Waals surface area contributed by atoms with Crippen LogP contribution in [0.1, 0.15) is 66.4 Å². The zero-order chi connectivity index (χ0) is 19.1. The number of piperidine rings is 1. The minimum atomic E-state index is -0.480. The fourth-order valence-corrected chi connectivity index (χ4v) is 4.05. The van der Waals surface area contributed by atoms with Gasteiger partial charge in [0.1, 0.15) is 23.5 Å². The van der Waals surface area contributed by atoms with Gasteiger partial charge >= 0.3 is 0 Å². The van der Waals surface area contributed by atoms with Crippen LogP contribution >= 0.6 is 0 Å². The number of nitrogens with zero attached hydrogens (tertiary/aromatic N) is 4. The first-order valence-corrected chi connectivity index (χ1v) is 9.59. The average Bonchev–Trinajstić information content (AvgIpc) is 3.47. The summed E-state index contributed by atoms with van der Waals surface area (Å²) in [6, 6.07) is 2.24. The number of benzene rings is 1. The van der Waals surface area contributed by atoms with Crippen molar-refractivity contribution in [2.45, 2.75) is 44.2 Å². The van der Waals surface area contributed by atoms with Crippen LogP contribution in [0.5, 0.6) is 0 Å². The Hall–Kier alpha value is -2.81. The Balaban J connectivity index is 1.47. The van der Waals surface area contributed by atoms with E-state index in [0.29, 0.717) is 36.0 Å². The summed E-state index contributed by atoms with van der Waals surface area (Å²) >= 11 is 0. The Bertz CT molecular complexity index is 1010. The van der Waals surface area contributed by atoms with Crippen molar-refractivity contribution >= 4 is 16.9 Å². The van der Waals surface area contributed by atoms with Crippen molar-refractivity contribution in [1.82, 2.24) is 25.1 Å². The topological polar surface area (TPSA) is 97.1 Å². The van der Waals surface area contributed by atoms with E-state index in [0.717, 1.165) is 32.1 Å². The first-order chi connectivity index (χ1) is 13.7. The van der Waals surface area contributed by atoms with E-state index in [1.807, 2.05) is 0 Å². The number of halogens is 1. The molecule has 1 unspecified atom stereocenters. The molecule has 2 aliphatic heterocycles. The van der Waals surface area contributed by atoms with Crippen molar-refractivity contribution in [3.05, 3.63) is 41.6 Å². The predicted molar refractivity (Wildman–Crippen MR) is 95.9 cm³/mol. The number of ether oxygens (including phenoxy) is 1. The number of H-pyrrole nitrogens is 1. The first-order valence-electron chi connectivity index (χ1n) is 9.59. The number of aromatic nitrogens is 4. The molecule has 1 amide bonds. The number of rotatable bonds is 3. The third-order valence-corrected chi connectivity index (χ3v) is 5.43. The maximum atomic E-state index is 14.0. The second-order valence-electron chi connectivity index (χ2n) is 7.24. The van der Waals surface area contributed by atoms with E-state index in [9.17, 15) is 9.18 Å². The normalized spacial score (nSPS) is 22.8. The van der Waals surface area contributed by atoms with Crippen LogP contribution in [0, 0.1) is 5.82 Å². The SMILES string of the molecule is O=C(c1cc(F)cc2[nH]cnc12)N1CCCCC1c1nnc([C@H]2CCCO2)o1. The summed E-state index contributed by atoms with van der Waals surface area (Å²) in [5.74, 6) is 0.115. The van der Waals surface area contributed by atoms with Gasteiger partial charge in [-0.1, -0.05) is 0 Å². The maximum absolute atomic E-state index is 14.0. The summed E-state index contributed by atoms with van der Waals surface area (Å²) in [6.45, 7) is 1.24. The zero-order valence-electron chi connectivity index (χ0n) is 15.2. The van der Waals surface area contributed by atoms with Crippen molar-refractivity contribution in [2.75, 3.05) is 13.2 Å². The van der Waals surface area contributed by atoms with Crippen molar-refractivity contribution < 1.29 is 18.3 Å². The highest BCUT2D eigenvalue weighted by molar-refractivity contribution is 6.05. The second kappa shape index (κ2) is 6.97. The van der Waals surface area contributed by atoms with Crippen LogP contribution in [-0.2, 0) is 4.74 Å². The summed E-state index contributed by atoms with van der Waals surface area (Å²) in [6.07, 6.45) is 5.66. The molecular formula is C19H20FN5O3. The van der Waals surface area contributed by atoms with Crippen LogP contribution in [0.2, 0.25) is 0 Å². The lowest BCUT2D eigenvalue weighted by molar-refractivity contribution is 0.0551. The molecule has 2 aliphatic rings. The fourth-order valence-electron chi connectivity index (χ4n) is 4.05. The molecule has 5 rings (SSSR count). The van der Waals surface area contributed by atoms with Gasteiger partial charge in [0, 0.05) is 13.2 Å². The standard InChI is InChI=1S/C19H20FN5O3/c20-11-8-12(16-13(9-11)21-10-22-16)19(26)25-6-2-1-4-14(25)17-23-24-18(28-17)15-5-3-7-27-15/h8-10,14-15H,1-7H2,(H,21,22)/t14?,15-/m1/s1. The number of carbonyl (C=O) groups excluding carboxylic acids is 1. The number of imidazole rings is 1. The Morgan fingerprint density at radius 1 is 1.18 bits per heavy atom. The molecule has 2 atom stereocenters. The zero-order valence-corrected chi connectivity index (χ0v) is 15.2. The van der Waals surface area contributed by atoms with Crippen molar-refractivity contribution in [1.29, 1.82) is 0 Å². The van der Waals surface area contributed by atoms with Gasteiger partial charge in [0.05, 0.1) is 17.4 Å². The summed E-state index contributed by atoms with van der Waals surface area (Å²) in [5.41, 5.74) is 1.19. The van der Waals surface area contributed by atoms with E-state index >= 15 is 0 Å². The minimum Gasteiger partial charge on any atom is -0.420 e. The molecule has 9 heteroatoms. The maximum Gasteiger partial charge on any atom is 0.256 e. The quantitative estimate of drug-likeness (QED) is 0.743. The van der Waals surface area contributed by atoms with Gasteiger partial charge in [0.2, 0.25) is 11.8 Å². The summed E-state index contributed by atoms with van der Waals surface area (Å²) in [7, 11) is 0. The fraction of sp³-hybridized carbons (Fsp3) is 0.474.